The van der Waals surface area contributed by atoms with E-state index in [1.54, 1.807) is 13.0 Å². The molecule has 6 heteroatoms. The normalized spacial score (nSPS) is 10.4. The van der Waals surface area contributed by atoms with Crippen molar-refractivity contribution in [3.63, 3.8) is 0 Å². The van der Waals surface area contributed by atoms with E-state index in [0.717, 1.165) is 0 Å². The Balaban J connectivity index is 2.38. The second-order valence-corrected chi connectivity index (χ2v) is 2.71. The monoisotopic (exact) mass is 194 g/mol. The SMILES string of the molecule is Cc1cc(-c2cc(C(=O)O)no2)on1. The van der Waals surface area contributed by atoms with Crippen LogP contribution in [0.15, 0.2) is 21.2 Å². The lowest BCUT2D eigenvalue weighted by molar-refractivity contribution is 0.0686. The fraction of sp³-hybridized carbons (Fsp3) is 0.125. The lowest BCUT2D eigenvalue weighted by Gasteiger charge is -1.80. The molecule has 0 saturated heterocycles. The molecule has 72 valence electrons. The summed E-state index contributed by atoms with van der Waals surface area (Å²) in [5.41, 5.74) is 0.530. The van der Waals surface area contributed by atoms with Crippen LogP contribution in [0.2, 0.25) is 0 Å². The van der Waals surface area contributed by atoms with Crippen molar-refractivity contribution in [1.82, 2.24) is 10.3 Å². The minimum absolute atomic E-state index is 0.158. The van der Waals surface area contributed by atoms with Gasteiger partial charge < -0.3 is 14.2 Å². The van der Waals surface area contributed by atoms with Gasteiger partial charge in [-0.3, -0.25) is 0 Å². The Morgan fingerprint density at radius 2 is 1.93 bits per heavy atom. The van der Waals surface area contributed by atoms with Crippen molar-refractivity contribution in [2.45, 2.75) is 6.92 Å². The number of carboxylic acids is 1. The molecule has 0 bridgehead atoms. The standard InChI is InChI=1S/C8H6N2O4/c1-4-2-6(13-9-4)7-3-5(8(11)12)10-14-7/h2-3H,1H3,(H,11,12). The summed E-state index contributed by atoms with van der Waals surface area (Å²) >= 11 is 0. The zero-order valence-corrected chi connectivity index (χ0v) is 7.22. The molecule has 0 atom stereocenters. The van der Waals surface area contributed by atoms with Gasteiger partial charge in [-0.1, -0.05) is 10.3 Å². The number of hydrogen-bond donors (Lipinski definition) is 1. The zero-order valence-electron chi connectivity index (χ0n) is 7.22. The Hall–Kier alpha value is -2.11. The van der Waals surface area contributed by atoms with Crippen molar-refractivity contribution < 1.29 is 18.9 Å². The summed E-state index contributed by atoms with van der Waals surface area (Å²) in [5.74, 6) is -0.526. The lowest BCUT2D eigenvalue weighted by atomic mass is 10.3. The molecule has 0 aromatic carbocycles. The largest absolute Gasteiger partial charge is 0.476 e. The highest BCUT2D eigenvalue weighted by Gasteiger charge is 2.14. The van der Waals surface area contributed by atoms with E-state index >= 15 is 0 Å². The van der Waals surface area contributed by atoms with Crippen LogP contribution in [0.25, 0.3) is 11.5 Å². The third-order valence-corrected chi connectivity index (χ3v) is 1.60. The van der Waals surface area contributed by atoms with Crippen molar-refractivity contribution in [3.8, 4) is 11.5 Å². The predicted octanol–water partition coefficient (Wildman–Crippen LogP) is 1.34. The van der Waals surface area contributed by atoms with Gasteiger partial charge in [0.25, 0.3) is 0 Å². The molecule has 0 unspecified atom stereocenters. The highest BCUT2D eigenvalue weighted by Crippen LogP contribution is 2.20. The van der Waals surface area contributed by atoms with E-state index in [-0.39, 0.29) is 11.5 Å². The first-order valence-corrected chi connectivity index (χ1v) is 3.80. The Morgan fingerprint density at radius 1 is 1.29 bits per heavy atom. The van der Waals surface area contributed by atoms with Crippen LogP contribution < -0.4 is 0 Å². The van der Waals surface area contributed by atoms with Gasteiger partial charge in [-0.15, -0.1) is 0 Å². The van der Waals surface area contributed by atoms with Gasteiger partial charge in [0.15, 0.2) is 5.69 Å². The summed E-state index contributed by atoms with van der Waals surface area (Å²) < 4.78 is 9.63. The highest BCUT2D eigenvalue weighted by atomic mass is 16.5. The molecule has 6 nitrogen and oxygen atoms in total. The molecule has 0 spiro atoms. The predicted molar refractivity (Wildman–Crippen MR) is 43.7 cm³/mol. The van der Waals surface area contributed by atoms with E-state index in [2.05, 4.69) is 10.3 Å². The summed E-state index contributed by atoms with van der Waals surface area (Å²) in [4.78, 5) is 10.5. The minimum atomic E-state index is -1.14. The first-order chi connectivity index (χ1) is 6.66. The number of aromatic carboxylic acids is 1. The average Bonchev–Trinajstić information content (AvgIpc) is 2.70. The minimum Gasteiger partial charge on any atom is -0.476 e. The van der Waals surface area contributed by atoms with Crippen molar-refractivity contribution in [1.29, 1.82) is 0 Å². The van der Waals surface area contributed by atoms with Gasteiger partial charge in [-0.05, 0) is 6.92 Å². The Labute approximate surface area is 78.1 Å². The first kappa shape index (κ1) is 8.49. The molecule has 1 N–H and O–H groups in total. The zero-order chi connectivity index (χ0) is 10.1. The van der Waals surface area contributed by atoms with E-state index in [1.165, 1.54) is 6.07 Å². The lowest BCUT2D eigenvalue weighted by Crippen LogP contribution is -1.94. The first-order valence-electron chi connectivity index (χ1n) is 3.80. The molecule has 0 radical (unpaired) electrons. The van der Waals surface area contributed by atoms with E-state index in [4.69, 9.17) is 14.2 Å². The summed E-state index contributed by atoms with van der Waals surface area (Å²) in [6.07, 6.45) is 0. The quantitative estimate of drug-likeness (QED) is 0.775. The van der Waals surface area contributed by atoms with Gasteiger partial charge >= 0.3 is 5.97 Å². The molecule has 2 aromatic heterocycles. The molecule has 0 aliphatic carbocycles. The fourth-order valence-corrected chi connectivity index (χ4v) is 0.972. The molecule has 0 fully saturated rings. The van der Waals surface area contributed by atoms with E-state index < -0.39 is 5.97 Å². The van der Waals surface area contributed by atoms with Crippen LogP contribution in [-0.2, 0) is 0 Å². The van der Waals surface area contributed by atoms with Gasteiger partial charge in [0.2, 0.25) is 11.5 Å². The maximum atomic E-state index is 10.5. The van der Waals surface area contributed by atoms with Gasteiger partial charge in [0.1, 0.15) is 0 Å². The molecule has 0 saturated carbocycles. The molecule has 0 aliphatic rings. The maximum Gasteiger partial charge on any atom is 0.358 e. The van der Waals surface area contributed by atoms with Crippen LogP contribution in [0.5, 0.6) is 0 Å². The van der Waals surface area contributed by atoms with Crippen molar-refractivity contribution in [2.24, 2.45) is 0 Å². The molecule has 14 heavy (non-hydrogen) atoms. The average molecular weight is 194 g/mol. The molecule has 2 aromatic rings. The number of carboxylic acid groups (broad SMARTS) is 1. The smallest absolute Gasteiger partial charge is 0.358 e. The maximum absolute atomic E-state index is 10.5. The van der Waals surface area contributed by atoms with Gasteiger partial charge in [0.05, 0.1) is 5.69 Å². The fourth-order valence-electron chi connectivity index (χ4n) is 0.972. The van der Waals surface area contributed by atoms with Crippen LogP contribution in [0.1, 0.15) is 16.2 Å². The van der Waals surface area contributed by atoms with E-state index in [0.29, 0.717) is 11.5 Å². The third kappa shape index (κ3) is 1.37. The third-order valence-electron chi connectivity index (χ3n) is 1.60. The van der Waals surface area contributed by atoms with Gasteiger partial charge in [-0.2, -0.15) is 0 Å². The number of aryl methyl sites for hydroxylation is 1. The number of aromatic nitrogens is 2. The summed E-state index contributed by atoms with van der Waals surface area (Å²) in [6, 6.07) is 2.91. The van der Waals surface area contributed by atoms with Crippen LogP contribution in [0.3, 0.4) is 0 Å². The topological polar surface area (TPSA) is 89.4 Å². The second-order valence-electron chi connectivity index (χ2n) is 2.71. The Kier molecular flexibility index (Phi) is 1.81. The molecule has 2 rings (SSSR count). The molecular formula is C8H6N2O4. The second kappa shape index (κ2) is 2.99. The van der Waals surface area contributed by atoms with Crippen molar-refractivity contribution in [2.75, 3.05) is 0 Å². The van der Waals surface area contributed by atoms with Crippen molar-refractivity contribution >= 4 is 5.97 Å². The van der Waals surface area contributed by atoms with E-state index in [1.807, 2.05) is 0 Å². The van der Waals surface area contributed by atoms with E-state index in [9.17, 15) is 4.79 Å². The summed E-state index contributed by atoms with van der Waals surface area (Å²) in [5, 5.41) is 15.6. The Morgan fingerprint density at radius 3 is 2.43 bits per heavy atom. The molecule has 0 amide bonds. The number of hydrogen-bond acceptors (Lipinski definition) is 5. The number of nitrogens with zero attached hydrogens (tertiary/aromatic N) is 2. The van der Waals surface area contributed by atoms with Crippen LogP contribution in [-0.4, -0.2) is 21.4 Å². The molecule has 0 aliphatic heterocycles. The van der Waals surface area contributed by atoms with Crippen molar-refractivity contribution in [3.05, 3.63) is 23.5 Å². The highest BCUT2D eigenvalue weighted by molar-refractivity contribution is 5.86. The number of carbonyl (C=O) groups is 1. The summed E-state index contributed by atoms with van der Waals surface area (Å²) in [7, 11) is 0. The Bertz CT molecular complexity index is 471. The summed E-state index contributed by atoms with van der Waals surface area (Å²) in [6.45, 7) is 1.75. The van der Waals surface area contributed by atoms with Gasteiger partial charge in [-0.25, -0.2) is 4.79 Å². The van der Waals surface area contributed by atoms with Crippen LogP contribution in [0, 0.1) is 6.92 Å². The molecule has 2 heterocycles. The van der Waals surface area contributed by atoms with Crippen LogP contribution in [0.4, 0.5) is 0 Å². The molecular weight excluding hydrogens is 188 g/mol. The number of rotatable bonds is 2. The van der Waals surface area contributed by atoms with Crippen LogP contribution >= 0.6 is 0 Å². The van der Waals surface area contributed by atoms with Gasteiger partial charge in [0, 0.05) is 12.1 Å².